The van der Waals surface area contributed by atoms with Gasteiger partial charge in [0.2, 0.25) is 0 Å². The monoisotopic (exact) mass is 242 g/mol. The van der Waals surface area contributed by atoms with Gasteiger partial charge in [0.1, 0.15) is 11.7 Å². The van der Waals surface area contributed by atoms with Gasteiger partial charge < -0.3 is 9.64 Å². The third kappa shape index (κ3) is 4.22. The highest BCUT2D eigenvalue weighted by Gasteiger charge is 2.34. The Kier molecular flexibility index (Phi) is 3.97. The van der Waals surface area contributed by atoms with Crippen LogP contribution in [0, 0.1) is 11.3 Å². The molecule has 0 aromatic carbocycles. The van der Waals surface area contributed by atoms with E-state index in [0.29, 0.717) is 13.0 Å². The van der Waals surface area contributed by atoms with Crippen molar-refractivity contribution < 1.29 is 13.9 Å². The fraction of sp³-hybridized carbons (Fsp3) is 0.833. The molecule has 0 aliphatic carbocycles. The molecule has 0 spiro atoms. The number of nitrogens with zero attached hydrogens (tertiary/aromatic N) is 2. The van der Waals surface area contributed by atoms with E-state index in [4.69, 9.17) is 10.00 Å². The molecule has 0 aromatic rings. The number of likely N-dealkylation sites (tertiary alicyclic amines) is 1. The minimum absolute atomic E-state index is 0.0583. The van der Waals surface area contributed by atoms with E-state index in [1.165, 1.54) is 4.90 Å². The molecule has 1 rings (SSSR count). The third-order valence-electron chi connectivity index (χ3n) is 2.63. The van der Waals surface area contributed by atoms with Crippen LogP contribution in [0.25, 0.3) is 0 Å². The molecule has 1 heterocycles. The quantitative estimate of drug-likeness (QED) is 0.656. The average molecular weight is 242 g/mol. The highest BCUT2D eigenvalue weighted by molar-refractivity contribution is 5.68. The number of rotatable bonds is 0. The molecule has 0 N–H and O–H groups in total. The van der Waals surface area contributed by atoms with Crippen molar-refractivity contribution in [1.82, 2.24) is 4.90 Å². The van der Waals surface area contributed by atoms with E-state index in [0.717, 1.165) is 0 Å². The van der Waals surface area contributed by atoms with Crippen molar-refractivity contribution in [1.29, 1.82) is 5.26 Å². The normalized spacial score (nSPS) is 25.9. The molecule has 17 heavy (non-hydrogen) atoms. The number of amides is 1. The van der Waals surface area contributed by atoms with E-state index in [2.05, 4.69) is 0 Å². The molecule has 1 unspecified atom stereocenters. The molecule has 1 aliphatic heterocycles. The molecule has 1 aliphatic rings. The molecule has 5 heteroatoms. The number of ether oxygens (including phenoxy) is 1. The van der Waals surface area contributed by atoms with Crippen LogP contribution in [0.5, 0.6) is 0 Å². The van der Waals surface area contributed by atoms with Crippen LogP contribution in [0.2, 0.25) is 0 Å². The van der Waals surface area contributed by atoms with E-state index < -0.39 is 17.4 Å². The zero-order valence-corrected chi connectivity index (χ0v) is 10.6. The van der Waals surface area contributed by atoms with Gasteiger partial charge in [-0.15, -0.1) is 0 Å². The van der Waals surface area contributed by atoms with Gasteiger partial charge in [-0.05, 0) is 33.6 Å². The van der Waals surface area contributed by atoms with Crippen molar-refractivity contribution in [3.63, 3.8) is 0 Å². The first-order valence-corrected chi connectivity index (χ1v) is 5.84. The molecule has 96 valence electrons. The number of nitriles is 1. The number of hydrogen-bond acceptors (Lipinski definition) is 3. The van der Waals surface area contributed by atoms with E-state index >= 15 is 0 Å². The lowest BCUT2D eigenvalue weighted by atomic mass is 9.99. The second kappa shape index (κ2) is 4.91. The van der Waals surface area contributed by atoms with Crippen LogP contribution in [0.15, 0.2) is 0 Å². The lowest BCUT2D eigenvalue weighted by Gasteiger charge is -2.26. The highest BCUT2D eigenvalue weighted by atomic mass is 19.1. The SMILES string of the molecule is CC(C)(C)OC(=O)N1CCCC(F)(C#N)CC1. The lowest BCUT2D eigenvalue weighted by Crippen LogP contribution is -2.37. The second-order valence-corrected chi connectivity index (χ2v) is 5.40. The summed E-state index contributed by atoms with van der Waals surface area (Å²) >= 11 is 0. The smallest absolute Gasteiger partial charge is 0.410 e. The molecule has 0 aromatic heterocycles. The summed E-state index contributed by atoms with van der Waals surface area (Å²) in [5.74, 6) is 0. The number of carbonyl (C=O) groups excluding carboxylic acids is 1. The standard InChI is InChI=1S/C12H19FN2O2/c1-11(2,3)17-10(16)15-7-4-5-12(13,9-14)6-8-15/h4-8H2,1-3H3. The van der Waals surface area contributed by atoms with Crippen molar-refractivity contribution in [2.24, 2.45) is 0 Å². The summed E-state index contributed by atoms with van der Waals surface area (Å²) in [6.45, 7) is 6.05. The van der Waals surface area contributed by atoms with Gasteiger partial charge in [0.25, 0.3) is 0 Å². The van der Waals surface area contributed by atoms with Gasteiger partial charge in [0, 0.05) is 19.5 Å². The summed E-state index contributed by atoms with van der Waals surface area (Å²) in [6.07, 6.45) is 0.300. The molecule has 0 saturated carbocycles. The molecule has 0 radical (unpaired) electrons. The molecule has 1 amide bonds. The van der Waals surface area contributed by atoms with Gasteiger partial charge in [0.15, 0.2) is 5.67 Å². The van der Waals surface area contributed by atoms with Crippen LogP contribution in [0.3, 0.4) is 0 Å². The molecule has 0 bridgehead atoms. The van der Waals surface area contributed by atoms with Gasteiger partial charge in [-0.25, -0.2) is 9.18 Å². The van der Waals surface area contributed by atoms with Gasteiger partial charge in [-0.1, -0.05) is 0 Å². The van der Waals surface area contributed by atoms with Crippen molar-refractivity contribution in [3.8, 4) is 6.07 Å². The molecular weight excluding hydrogens is 223 g/mol. The maximum absolute atomic E-state index is 13.8. The van der Waals surface area contributed by atoms with Gasteiger partial charge in [0.05, 0.1) is 0 Å². The van der Waals surface area contributed by atoms with Crippen molar-refractivity contribution in [2.45, 2.75) is 51.3 Å². The molecule has 1 saturated heterocycles. The minimum Gasteiger partial charge on any atom is -0.444 e. The maximum Gasteiger partial charge on any atom is 0.410 e. The number of hydrogen-bond donors (Lipinski definition) is 0. The lowest BCUT2D eigenvalue weighted by molar-refractivity contribution is 0.0251. The predicted octanol–water partition coefficient (Wildman–Crippen LogP) is 2.64. The molecular formula is C12H19FN2O2. The van der Waals surface area contributed by atoms with Crippen LogP contribution in [0.1, 0.15) is 40.0 Å². The fourth-order valence-corrected chi connectivity index (χ4v) is 1.72. The summed E-state index contributed by atoms with van der Waals surface area (Å²) in [5.41, 5.74) is -2.35. The van der Waals surface area contributed by atoms with E-state index in [9.17, 15) is 9.18 Å². The van der Waals surface area contributed by atoms with E-state index in [1.54, 1.807) is 26.8 Å². The Morgan fingerprint density at radius 1 is 1.41 bits per heavy atom. The van der Waals surface area contributed by atoms with Crippen molar-refractivity contribution >= 4 is 6.09 Å². The first-order chi connectivity index (χ1) is 7.76. The van der Waals surface area contributed by atoms with Crippen LogP contribution < -0.4 is 0 Å². The summed E-state index contributed by atoms with van der Waals surface area (Å²) in [4.78, 5) is 13.2. The number of halogens is 1. The number of carbonyl (C=O) groups is 1. The zero-order valence-electron chi connectivity index (χ0n) is 10.6. The summed E-state index contributed by atoms with van der Waals surface area (Å²) in [7, 11) is 0. The summed E-state index contributed by atoms with van der Waals surface area (Å²) in [6, 6.07) is 1.68. The van der Waals surface area contributed by atoms with Crippen molar-refractivity contribution in [2.75, 3.05) is 13.1 Å². The molecule has 1 atom stereocenters. The van der Waals surface area contributed by atoms with Crippen LogP contribution >= 0.6 is 0 Å². The molecule has 4 nitrogen and oxygen atoms in total. The van der Waals surface area contributed by atoms with Gasteiger partial charge >= 0.3 is 6.09 Å². The summed E-state index contributed by atoms with van der Waals surface area (Å²) < 4.78 is 19.0. The Bertz CT molecular complexity index is 332. The van der Waals surface area contributed by atoms with E-state index in [1.807, 2.05) is 0 Å². The Labute approximate surface area is 101 Å². The predicted molar refractivity (Wildman–Crippen MR) is 61.1 cm³/mol. The Hall–Kier alpha value is -1.31. The Morgan fingerprint density at radius 2 is 2.06 bits per heavy atom. The van der Waals surface area contributed by atoms with Crippen LogP contribution in [-0.4, -0.2) is 35.4 Å². The third-order valence-corrected chi connectivity index (χ3v) is 2.63. The Morgan fingerprint density at radius 3 is 2.59 bits per heavy atom. The highest BCUT2D eigenvalue weighted by Crippen LogP contribution is 2.26. The van der Waals surface area contributed by atoms with Crippen LogP contribution in [-0.2, 0) is 4.74 Å². The number of alkyl halides is 1. The maximum atomic E-state index is 13.8. The topological polar surface area (TPSA) is 53.3 Å². The minimum atomic E-state index is -1.79. The first kappa shape index (κ1) is 13.8. The zero-order chi connectivity index (χ0) is 13.1. The summed E-state index contributed by atoms with van der Waals surface area (Å²) in [5, 5.41) is 8.73. The Balaban J connectivity index is 2.58. The molecule has 1 fully saturated rings. The average Bonchev–Trinajstić information content (AvgIpc) is 2.39. The van der Waals surface area contributed by atoms with Crippen LogP contribution in [0.4, 0.5) is 9.18 Å². The van der Waals surface area contributed by atoms with E-state index in [-0.39, 0.29) is 19.4 Å². The largest absolute Gasteiger partial charge is 0.444 e. The van der Waals surface area contributed by atoms with Gasteiger partial charge in [-0.3, -0.25) is 0 Å². The first-order valence-electron chi connectivity index (χ1n) is 5.84. The van der Waals surface area contributed by atoms with Crippen molar-refractivity contribution in [3.05, 3.63) is 0 Å². The fourth-order valence-electron chi connectivity index (χ4n) is 1.72. The van der Waals surface area contributed by atoms with Gasteiger partial charge in [-0.2, -0.15) is 5.26 Å². The second-order valence-electron chi connectivity index (χ2n) is 5.40.